The lowest BCUT2D eigenvalue weighted by Crippen LogP contribution is -2.19. The van der Waals surface area contributed by atoms with Crippen molar-refractivity contribution in [3.8, 4) is 0 Å². The van der Waals surface area contributed by atoms with E-state index in [-0.39, 0.29) is 5.91 Å². The van der Waals surface area contributed by atoms with Crippen molar-refractivity contribution in [2.75, 3.05) is 0 Å². The van der Waals surface area contributed by atoms with Gasteiger partial charge in [-0.1, -0.05) is 0 Å². The summed E-state index contributed by atoms with van der Waals surface area (Å²) in [7, 11) is 0. The van der Waals surface area contributed by atoms with E-state index in [2.05, 4.69) is 4.99 Å². The standard InChI is InChI=1S/C7H8N2O/c1-7(10)9-5-3-2-4-8-6-9/h2-6H,1H3. The van der Waals surface area contributed by atoms with Crippen LogP contribution in [0.4, 0.5) is 0 Å². The van der Waals surface area contributed by atoms with Gasteiger partial charge in [-0.15, -0.1) is 0 Å². The van der Waals surface area contributed by atoms with Crippen LogP contribution in [0, 0.1) is 0 Å². The number of carbonyl (C=O) groups is 1. The summed E-state index contributed by atoms with van der Waals surface area (Å²) in [6.07, 6.45) is 8.28. The average molecular weight is 136 g/mol. The van der Waals surface area contributed by atoms with E-state index in [0.29, 0.717) is 0 Å². The van der Waals surface area contributed by atoms with E-state index in [1.54, 1.807) is 24.6 Å². The van der Waals surface area contributed by atoms with Crippen LogP contribution in [0.3, 0.4) is 0 Å². The van der Waals surface area contributed by atoms with Gasteiger partial charge in [0.25, 0.3) is 0 Å². The van der Waals surface area contributed by atoms with Crippen LogP contribution in [-0.4, -0.2) is 17.1 Å². The molecule has 0 aromatic carbocycles. The molecule has 1 amide bonds. The lowest BCUT2D eigenvalue weighted by Gasteiger charge is -2.05. The minimum atomic E-state index is -0.0382. The van der Waals surface area contributed by atoms with Crippen molar-refractivity contribution in [1.29, 1.82) is 0 Å². The first-order valence-electron chi connectivity index (χ1n) is 2.96. The molecule has 0 spiro atoms. The molecule has 0 aromatic heterocycles. The van der Waals surface area contributed by atoms with Gasteiger partial charge in [-0.3, -0.25) is 9.69 Å². The van der Waals surface area contributed by atoms with Gasteiger partial charge in [-0.05, 0) is 12.2 Å². The summed E-state index contributed by atoms with van der Waals surface area (Å²) in [4.78, 5) is 15.9. The van der Waals surface area contributed by atoms with Crippen LogP contribution in [0.15, 0.2) is 29.5 Å². The van der Waals surface area contributed by atoms with E-state index in [4.69, 9.17) is 0 Å². The lowest BCUT2D eigenvalue weighted by molar-refractivity contribution is -0.123. The first-order chi connectivity index (χ1) is 4.80. The second-order valence-electron chi connectivity index (χ2n) is 1.87. The molecule has 1 aliphatic heterocycles. The predicted octanol–water partition coefficient (Wildman–Crippen LogP) is 0.904. The largest absolute Gasteiger partial charge is 0.278 e. The van der Waals surface area contributed by atoms with Crippen molar-refractivity contribution in [2.45, 2.75) is 6.92 Å². The average Bonchev–Trinajstić information content (AvgIpc) is 2.12. The minimum absolute atomic E-state index is 0.0382. The van der Waals surface area contributed by atoms with Crippen LogP contribution in [0.1, 0.15) is 6.92 Å². The lowest BCUT2D eigenvalue weighted by atomic mass is 10.5. The summed E-state index contributed by atoms with van der Waals surface area (Å²) >= 11 is 0. The third-order valence-electron chi connectivity index (χ3n) is 1.08. The van der Waals surface area contributed by atoms with Gasteiger partial charge in [0.15, 0.2) is 0 Å². The Morgan fingerprint density at radius 1 is 1.50 bits per heavy atom. The molecule has 52 valence electrons. The molecular formula is C7H8N2O. The number of nitrogens with zero attached hydrogens (tertiary/aromatic N) is 2. The molecule has 0 unspecified atom stereocenters. The van der Waals surface area contributed by atoms with E-state index < -0.39 is 0 Å². The third-order valence-corrected chi connectivity index (χ3v) is 1.08. The van der Waals surface area contributed by atoms with Crippen LogP contribution in [0.2, 0.25) is 0 Å². The van der Waals surface area contributed by atoms with Gasteiger partial charge in [0.2, 0.25) is 5.91 Å². The smallest absolute Gasteiger partial charge is 0.228 e. The zero-order valence-electron chi connectivity index (χ0n) is 5.69. The zero-order chi connectivity index (χ0) is 7.40. The maximum absolute atomic E-state index is 10.7. The monoisotopic (exact) mass is 136 g/mol. The molecule has 10 heavy (non-hydrogen) atoms. The summed E-state index contributed by atoms with van der Waals surface area (Å²) in [5.41, 5.74) is 0. The fraction of sp³-hybridized carbons (Fsp3) is 0.143. The highest BCUT2D eigenvalue weighted by molar-refractivity contribution is 5.87. The number of allylic oxidation sites excluding steroid dienone is 2. The maximum Gasteiger partial charge on any atom is 0.228 e. The molecule has 3 heteroatoms. The highest BCUT2D eigenvalue weighted by Crippen LogP contribution is 1.92. The van der Waals surface area contributed by atoms with Crippen molar-refractivity contribution in [3.05, 3.63) is 24.6 Å². The normalized spacial score (nSPS) is 15.5. The molecule has 1 rings (SSSR count). The topological polar surface area (TPSA) is 32.7 Å². The first kappa shape index (κ1) is 6.74. The quantitative estimate of drug-likeness (QED) is 0.487. The van der Waals surface area contributed by atoms with Gasteiger partial charge in [0.1, 0.15) is 6.34 Å². The van der Waals surface area contributed by atoms with Crippen molar-refractivity contribution in [1.82, 2.24) is 4.90 Å². The van der Waals surface area contributed by atoms with Crippen molar-refractivity contribution in [2.24, 2.45) is 4.99 Å². The molecule has 0 saturated heterocycles. The molecule has 0 aliphatic carbocycles. The number of carbonyl (C=O) groups excluding carboxylic acids is 1. The van der Waals surface area contributed by atoms with Gasteiger partial charge in [0, 0.05) is 19.3 Å². The second-order valence-corrected chi connectivity index (χ2v) is 1.87. The zero-order valence-corrected chi connectivity index (χ0v) is 5.69. The molecule has 0 radical (unpaired) electrons. The number of hydrogen-bond donors (Lipinski definition) is 0. The molecule has 1 heterocycles. The fourth-order valence-corrected chi connectivity index (χ4v) is 0.577. The Bertz CT molecular complexity index is 200. The van der Waals surface area contributed by atoms with E-state index >= 15 is 0 Å². The van der Waals surface area contributed by atoms with Crippen molar-refractivity contribution in [3.63, 3.8) is 0 Å². The molecule has 3 nitrogen and oxygen atoms in total. The summed E-state index contributed by atoms with van der Waals surface area (Å²) in [5.74, 6) is -0.0382. The van der Waals surface area contributed by atoms with Gasteiger partial charge in [-0.2, -0.15) is 0 Å². The predicted molar refractivity (Wildman–Crippen MR) is 39.3 cm³/mol. The molecule has 0 bridgehead atoms. The molecule has 0 aromatic rings. The Hall–Kier alpha value is -1.38. The van der Waals surface area contributed by atoms with Crippen LogP contribution < -0.4 is 0 Å². The Kier molecular flexibility index (Phi) is 1.99. The van der Waals surface area contributed by atoms with E-state index in [0.717, 1.165) is 0 Å². The van der Waals surface area contributed by atoms with E-state index in [1.807, 2.05) is 0 Å². The Labute approximate surface area is 59.4 Å². The molecule has 0 saturated carbocycles. The number of aliphatic imine (C=N–C) groups is 1. The Morgan fingerprint density at radius 3 is 3.00 bits per heavy atom. The highest BCUT2D eigenvalue weighted by Gasteiger charge is 1.99. The fourth-order valence-electron chi connectivity index (χ4n) is 0.577. The molecule has 0 atom stereocenters. The van der Waals surface area contributed by atoms with Crippen molar-refractivity contribution >= 4 is 12.2 Å². The number of hydrogen-bond acceptors (Lipinski definition) is 2. The summed E-state index contributed by atoms with van der Waals surface area (Å²) < 4.78 is 0. The van der Waals surface area contributed by atoms with Crippen LogP contribution in [0.5, 0.6) is 0 Å². The van der Waals surface area contributed by atoms with Gasteiger partial charge < -0.3 is 0 Å². The molecule has 0 N–H and O–H groups in total. The first-order valence-corrected chi connectivity index (χ1v) is 2.96. The molecular weight excluding hydrogens is 128 g/mol. The maximum atomic E-state index is 10.7. The Balaban J connectivity index is 2.72. The minimum Gasteiger partial charge on any atom is -0.278 e. The van der Waals surface area contributed by atoms with Crippen LogP contribution in [0.25, 0.3) is 0 Å². The number of amides is 1. The number of rotatable bonds is 0. The second kappa shape index (κ2) is 2.96. The molecule has 0 fully saturated rings. The van der Waals surface area contributed by atoms with Crippen LogP contribution >= 0.6 is 0 Å². The third kappa shape index (κ3) is 1.55. The molecule has 1 aliphatic rings. The summed E-state index contributed by atoms with van der Waals surface area (Å²) in [6.45, 7) is 1.49. The van der Waals surface area contributed by atoms with Gasteiger partial charge >= 0.3 is 0 Å². The van der Waals surface area contributed by atoms with Gasteiger partial charge in [0.05, 0.1) is 0 Å². The van der Waals surface area contributed by atoms with E-state index in [1.165, 1.54) is 18.2 Å². The van der Waals surface area contributed by atoms with Gasteiger partial charge in [-0.25, -0.2) is 4.99 Å². The Morgan fingerprint density at radius 2 is 2.30 bits per heavy atom. The summed E-state index contributed by atoms with van der Waals surface area (Å²) in [5, 5.41) is 0. The highest BCUT2D eigenvalue weighted by atomic mass is 16.2. The van der Waals surface area contributed by atoms with Crippen LogP contribution in [-0.2, 0) is 4.79 Å². The van der Waals surface area contributed by atoms with Crippen molar-refractivity contribution < 1.29 is 4.79 Å². The van der Waals surface area contributed by atoms with E-state index in [9.17, 15) is 4.79 Å². The summed E-state index contributed by atoms with van der Waals surface area (Å²) in [6, 6.07) is 0. The SMILES string of the molecule is CC(=O)N1C=CC=CN=C1.